The van der Waals surface area contributed by atoms with Gasteiger partial charge in [0.1, 0.15) is 11.6 Å². The highest BCUT2D eigenvalue weighted by atomic mass is 79.9. The van der Waals surface area contributed by atoms with E-state index in [0.717, 1.165) is 5.56 Å². The van der Waals surface area contributed by atoms with E-state index >= 15 is 0 Å². The normalized spacial score (nSPS) is 10.4. The van der Waals surface area contributed by atoms with Gasteiger partial charge in [-0.15, -0.1) is 0 Å². The van der Waals surface area contributed by atoms with Crippen LogP contribution in [0, 0.1) is 10.1 Å². The lowest BCUT2D eigenvalue weighted by molar-refractivity contribution is -0.385. The number of hydrogen-bond acceptors (Lipinski definition) is 7. The number of rotatable bonds is 4. The first-order chi connectivity index (χ1) is 9.45. The molecule has 7 nitrogen and oxygen atoms in total. The molecule has 0 atom stereocenters. The number of hydrogen-bond donors (Lipinski definition) is 2. The number of anilines is 2. The van der Waals surface area contributed by atoms with Crippen molar-refractivity contribution in [3.63, 3.8) is 0 Å². The third kappa shape index (κ3) is 3.58. The van der Waals surface area contributed by atoms with Gasteiger partial charge in [-0.3, -0.25) is 10.1 Å². The molecule has 0 unspecified atom stereocenters. The monoisotopic (exact) mass is 355 g/mol. The van der Waals surface area contributed by atoms with Crippen LogP contribution in [0.3, 0.4) is 0 Å². The maximum atomic E-state index is 10.8. The highest BCUT2D eigenvalue weighted by Gasteiger charge is 2.12. The summed E-state index contributed by atoms with van der Waals surface area (Å²) in [5, 5.41) is 11.3. The molecule has 0 spiro atoms. The highest BCUT2D eigenvalue weighted by Crippen LogP contribution is 2.28. The summed E-state index contributed by atoms with van der Waals surface area (Å²) in [5.74, 6) is 1.07. The molecule has 9 heteroatoms. The number of thioether (sulfide) groups is 1. The van der Waals surface area contributed by atoms with Crippen molar-refractivity contribution in [2.75, 3.05) is 11.5 Å². The molecule has 4 N–H and O–H groups in total. The van der Waals surface area contributed by atoms with E-state index in [9.17, 15) is 10.1 Å². The minimum Gasteiger partial charge on any atom is -0.383 e. The molecule has 0 saturated heterocycles. The van der Waals surface area contributed by atoms with Gasteiger partial charge in [-0.25, -0.2) is 9.97 Å². The predicted molar refractivity (Wildman–Crippen MR) is 81.2 cm³/mol. The molecular formula is C11H10BrN5O2S. The van der Waals surface area contributed by atoms with Crippen LogP contribution in [0.4, 0.5) is 17.3 Å². The van der Waals surface area contributed by atoms with Crippen molar-refractivity contribution in [1.29, 1.82) is 0 Å². The van der Waals surface area contributed by atoms with Crippen LogP contribution in [0.1, 0.15) is 5.56 Å². The van der Waals surface area contributed by atoms with Gasteiger partial charge in [-0.1, -0.05) is 17.8 Å². The van der Waals surface area contributed by atoms with Crippen molar-refractivity contribution in [2.24, 2.45) is 0 Å². The maximum absolute atomic E-state index is 10.8. The molecule has 0 aliphatic heterocycles. The molecule has 0 amide bonds. The second kappa shape index (κ2) is 6.06. The van der Waals surface area contributed by atoms with Crippen molar-refractivity contribution < 1.29 is 4.92 Å². The summed E-state index contributed by atoms with van der Waals surface area (Å²) in [6.45, 7) is 0. The van der Waals surface area contributed by atoms with Crippen LogP contribution in [0.5, 0.6) is 0 Å². The van der Waals surface area contributed by atoms with Gasteiger partial charge in [0.05, 0.1) is 9.40 Å². The smallest absolute Gasteiger partial charge is 0.283 e. The molecule has 2 rings (SSSR count). The minimum atomic E-state index is -0.437. The summed E-state index contributed by atoms with van der Waals surface area (Å²) < 4.78 is 0.445. The lowest BCUT2D eigenvalue weighted by Gasteiger charge is -2.04. The average Bonchev–Trinajstić information content (AvgIpc) is 2.36. The number of nitrogen functional groups attached to an aromatic ring is 2. The zero-order chi connectivity index (χ0) is 14.7. The van der Waals surface area contributed by atoms with Crippen LogP contribution in [-0.4, -0.2) is 14.9 Å². The Morgan fingerprint density at radius 3 is 2.50 bits per heavy atom. The van der Waals surface area contributed by atoms with Gasteiger partial charge < -0.3 is 11.5 Å². The van der Waals surface area contributed by atoms with Crippen LogP contribution in [-0.2, 0) is 5.75 Å². The standard InChI is InChI=1S/C11H10BrN5O2S/c12-7-2-1-6(3-8(7)17(18)19)5-20-11-15-9(13)4-10(14)16-11/h1-4H,5H2,(H4,13,14,15,16). The van der Waals surface area contributed by atoms with Gasteiger partial charge in [0.2, 0.25) is 0 Å². The van der Waals surface area contributed by atoms with E-state index in [-0.39, 0.29) is 5.69 Å². The van der Waals surface area contributed by atoms with Crippen LogP contribution in [0.25, 0.3) is 0 Å². The molecule has 0 fully saturated rings. The van der Waals surface area contributed by atoms with Gasteiger partial charge in [0, 0.05) is 17.9 Å². The van der Waals surface area contributed by atoms with Crippen molar-refractivity contribution >= 4 is 45.0 Å². The van der Waals surface area contributed by atoms with E-state index in [0.29, 0.717) is 27.0 Å². The third-order valence-corrected chi connectivity index (χ3v) is 3.91. The van der Waals surface area contributed by atoms with E-state index in [4.69, 9.17) is 11.5 Å². The number of nitro benzene ring substituents is 1. The molecule has 0 radical (unpaired) electrons. The Labute approximate surface area is 127 Å². The van der Waals surface area contributed by atoms with Gasteiger partial charge >= 0.3 is 0 Å². The fraction of sp³-hybridized carbons (Fsp3) is 0.0909. The molecule has 1 aromatic heterocycles. The number of nitrogens with zero attached hydrogens (tertiary/aromatic N) is 3. The molecular weight excluding hydrogens is 346 g/mol. The Hall–Kier alpha value is -1.87. The van der Waals surface area contributed by atoms with E-state index < -0.39 is 4.92 Å². The van der Waals surface area contributed by atoms with Crippen LogP contribution in [0.15, 0.2) is 33.9 Å². The van der Waals surface area contributed by atoms with Crippen molar-refractivity contribution in [1.82, 2.24) is 9.97 Å². The zero-order valence-electron chi connectivity index (χ0n) is 10.1. The molecule has 0 bridgehead atoms. The van der Waals surface area contributed by atoms with Crippen LogP contribution in [0.2, 0.25) is 0 Å². The molecule has 2 aromatic rings. The van der Waals surface area contributed by atoms with E-state index in [1.54, 1.807) is 12.1 Å². The van der Waals surface area contributed by atoms with Gasteiger partial charge in [-0.2, -0.15) is 0 Å². The summed E-state index contributed by atoms with van der Waals surface area (Å²) in [5.41, 5.74) is 12.0. The SMILES string of the molecule is Nc1cc(N)nc(SCc2ccc(Br)c([N+](=O)[O-])c2)n1. The quantitative estimate of drug-likeness (QED) is 0.374. The van der Waals surface area contributed by atoms with Gasteiger partial charge in [-0.05, 0) is 27.6 Å². The van der Waals surface area contributed by atoms with Crippen molar-refractivity contribution in [3.05, 3.63) is 44.4 Å². The second-order valence-electron chi connectivity index (χ2n) is 3.83. The summed E-state index contributed by atoms with van der Waals surface area (Å²) in [6, 6.07) is 6.41. The van der Waals surface area contributed by atoms with E-state index in [1.807, 2.05) is 0 Å². The number of benzene rings is 1. The van der Waals surface area contributed by atoms with Gasteiger partial charge in [0.25, 0.3) is 5.69 Å². The topological polar surface area (TPSA) is 121 Å². The lowest BCUT2D eigenvalue weighted by Crippen LogP contribution is -1.99. The Balaban J connectivity index is 2.14. The molecule has 0 saturated carbocycles. The van der Waals surface area contributed by atoms with Crippen LogP contribution >= 0.6 is 27.7 Å². The first-order valence-electron chi connectivity index (χ1n) is 5.41. The summed E-state index contributed by atoms with van der Waals surface area (Å²) in [4.78, 5) is 18.5. The average molecular weight is 356 g/mol. The van der Waals surface area contributed by atoms with Crippen molar-refractivity contribution in [2.45, 2.75) is 10.9 Å². The van der Waals surface area contributed by atoms with Crippen molar-refractivity contribution in [3.8, 4) is 0 Å². The molecule has 104 valence electrons. The summed E-state index contributed by atoms with van der Waals surface area (Å²) in [7, 11) is 0. The van der Waals surface area contributed by atoms with Gasteiger partial charge in [0.15, 0.2) is 5.16 Å². The first-order valence-corrected chi connectivity index (χ1v) is 7.19. The summed E-state index contributed by atoms with van der Waals surface area (Å²) in [6.07, 6.45) is 0. The Kier molecular flexibility index (Phi) is 4.40. The third-order valence-electron chi connectivity index (χ3n) is 2.32. The molecule has 1 heterocycles. The largest absolute Gasteiger partial charge is 0.383 e. The Morgan fingerprint density at radius 1 is 1.25 bits per heavy atom. The Morgan fingerprint density at radius 2 is 1.90 bits per heavy atom. The number of nitro groups is 1. The highest BCUT2D eigenvalue weighted by molar-refractivity contribution is 9.10. The number of nitrogens with two attached hydrogens (primary N) is 2. The molecule has 0 aliphatic carbocycles. The Bertz CT molecular complexity index is 647. The maximum Gasteiger partial charge on any atom is 0.283 e. The molecule has 1 aromatic carbocycles. The summed E-state index contributed by atoms with van der Waals surface area (Å²) >= 11 is 4.45. The molecule has 20 heavy (non-hydrogen) atoms. The second-order valence-corrected chi connectivity index (χ2v) is 5.63. The number of aromatic nitrogens is 2. The minimum absolute atomic E-state index is 0.0242. The predicted octanol–water partition coefficient (Wildman–Crippen LogP) is 2.60. The molecule has 0 aliphatic rings. The van der Waals surface area contributed by atoms with E-state index in [1.165, 1.54) is 23.9 Å². The zero-order valence-corrected chi connectivity index (χ0v) is 12.5. The van der Waals surface area contributed by atoms with E-state index in [2.05, 4.69) is 25.9 Å². The fourth-order valence-electron chi connectivity index (χ4n) is 1.46. The van der Waals surface area contributed by atoms with Crippen LogP contribution < -0.4 is 11.5 Å². The number of halogens is 1. The lowest BCUT2D eigenvalue weighted by atomic mass is 10.2. The fourth-order valence-corrected chi connectivity index (χ4v) is 2.67. The first kappa shape index (κ1) is 14.5.